The van der Waals surface area contributed by atoms with Crippen molar-refractivity contribution in [1.29, 1.82) is 0 Å². The van der Waals surface area contributed by atoms with Crippen LogP contribution in [0.3, 0.4) is 0 Å². The Kier molecular flexibility index (Phi) is 3.26. The Morgan fingerprint density at radius 2 is 2.31 bits per heavy atom. The van der Waals surface area contributed by atoms with Gasteiger partial charge in [-0.1, -0.05) is 36.1 Å². The molecular weight excluding hydrogens is 242 g/mol. The van der Waals surface area contributed by atoms with E-state index in [9.17, 15) is 4.79 Å². The van der Waals surface area contributed by atoms with E-state index in [0.29, 0.717) is 9.23 Å². The zero-order chi connectivity index (χ0) is 11.5. The van der Waals surface area contributed by atoms with E-state index in [-0.39, 0.29) is 5.91 Å². The minimum atomic E-state index is -0.141. The predicted molar refractivity (Wildman–Crippen MR) is 69.3 cm³/mol. The second kappa shape index (κ2) is 4.67. The standard InChI is InChI=1S/C11H9NO2S2/c1-14-8-4-2-3-7(5-8)6-9-10(13)12-11(15)16-9/h2-6H,1H3,(H,12,13,15)/b9-6+. The Bertz CT molecular complexity index is 483. The topological polar surface area (TPSA) is 38.3 Å². The first kappa shape index (κ1) is 11.2. The van der Waals surface area contributed by atoms with Crippen molar-refractivity contribution in [1.82, 2.24) is 5.32 Å². The summed E-state index contributed by atoms with van der Waals surface area (Å²) in [5.74, 6) is 0.623. The van der Waals surface area contributed by atoms with Gasteiger partial charge in [-0.2, -0.15) is 0 Å². The molecule has 0 aliphatic carbocycles. The van der Waals surface area contributed by atoms with Gasteiger partial charge in [0.25, 0.3) is 5.91 Å². The molecule has 0 bridgehead atoms. The van der Waals surface area contributed by atoms with Gasteiger partial charge in [-0.15, -0.1) is 0 Å². The molecule has 1 aromatic carbocycles. The molecular formula is C11H9NO2S2. The predicted octanol–water partition coefficient (Wildman–Crippen LogP) is 2.18. The van der Waals surface area contributed by atoms with Gasteiger partial charge in [0.1, 0.15) is 10.1 Å². The lowest BCUT2D eigenvalue weighted by Crippen LogP contribution is -2.17. The zero-order valence-electron chi connectivity index (χ0n) is 8.52. The summed E-state index contributed by atoms with van der Waals surface area (Å²) in [7, 11) is 1.61. The average molecular weight is 251 g/mol. The first-order valence-corrected chi connectivity index (χ1v) is 5.80. The number of amides is 1. The molecule has 0 spiro atoms. The Morgan fingerprint density at radius 3 is 2.94 bits per heavy atom. The van der Waals surface area contributed by atoms with Crippen molar-refractivity contribution in [3.05, 3.63) is 34.7 Å². The summed E-state index contributed by atoms with van der Waals surface area (Å²) in [5.41, 5.74) is 0.918. The van der Waals surface area contributed by atoms with Crippen molar-refractivity contribution in [3.8, 4) is 5.75 Å². The Balaban J connectivity index is 2.28. The highest BCUT2D eigenvalue weighted by molar-refractivity contribution is 8.26. The van der Waals surface area contributed by atoms with Crippen LogP contribution in [0, 0.1) is 0 Å². The SMILES string of the molecule is COc1cccc(/C=C2/SC(=S)NC2=O)c1. The maximum absolute atomic E-state index is 11.4. The van der Waals surface area contributed by atoms with E-state index in [1.165, 1.54) is 11.8 Å². The highest BCUT2D eigenvalue weighted by Gasteiger charge is 2.21. The van der Waals surface area contributed by atoms with Crippen molar-refractivity contribution < 1.29 is 9.53 Å². The zero-order valence-corrected chi connectivity index (χ0v) is 10.2. The summed E-state index contributed by atoms with van der Waals surface area (Å²) in [6.45, 7) is 0. The molecule has 5 heteroatoms. The molecule has 1 N–H and O–H groups in total. The van der Waals surface area contributed by atoms with Gasteiger partial charge in [-0.05, 0) is 23.8 Å². The van der Waals surface area contributed by atoms with Crippen LogP contribution in [0.1, 0.15) is 5.56 Å². The van der Waals surface area contributed by atoms with Crippen molar-refractivity contribution in [3.63, 3.8) is 0 Å². The summed E-state index contributed by atoms with van der Waals surface area (Å²) in [4.78, 5) is 12.0. The van der Waals surface area contributed by atoms with E-state index in [4.69, 9.17) is 17.0 Å². The van der Waals surface area contributed by atoms with Crippen LogP contribution in [-0.2, 0) is 4.79 Å². The minimum absolute atomic E-state index is 0.141. The highest BCUT2D eigenvalue weighted by Crippen LogP contribution is 2.26. The van der Waals surface area contributed by atoms with Crippen LogP contribution in [0.15, 0.2) is 29.2 Å². The molecule has 1 saturated heterocycles. The fourth-order valence-electron chi connectivity index (χ4n) is 1.30. The summed E-state index contributed by atoms with van der Waals surface area (Å²) < 4.78 is 5.60. The fourth-order valence-corrected chi connectivity index (χ4v) is 2.35. The molecule has 1 fully saturated rings. The molecule has 16 heavy (non-hydrogen) atoms. The van der Waals surface area contributed by atoms with Gasteiger partial charge >= 0.3 is 0 Å². The number of thioether (sulfide) groups is 1. The van der Waals surface area contributed by atoms with Crippen molar-refractivity contribution in [2.24, 2.45) is 0 Å². The Morgan fingerprint density at radius 1 is 1.50 bits per heavy atom. The normalized spacial score (nSPS) is 17.7. The third-order valence-corrected chi connectivity index (χ3v) is 3.20. The lowest BCUT2D eigenvalue weighted by Gasteiger charge is -2.00. The molecule has 0 unspecified atom stereocenters. The maximum atomic E-state index is 11.4. The average Bonchev–Trinajstić information content (AvgIpc) is 2.58. The third kappa shape index (κ3) is 2.43. The Hall–Kier alpha value is -1.33. The van der Waals surface area contributed by atoms with Crippen LogP contribution in [-0.4, -0.2) is 17.3 Å². The molecule has 1 aliphatic rings. The fraction of sp³-hybridized carbons (Fsp3) is 0.0909. The molecule has 82 valence electrons. The van der Waals surface area contributed by atoms with Crippen molar-refractivity contribution >= 4 is 40.3 Å². The van der Waals surface area contributed by atoms with Crippen LogP contribution < -0.4 is 10.1 Å². The number of thiocarbonyl (C=S) groups is 1. The number of carbonyl (C=O) groups excluding carboxylic acids is 1. The maximum Gasteiger partial charge on any atom is 0.263 e. The molecule has 1 amide bonds. The number of carbonyl (C=O) groups is 1. The number of benzene rings is 1. The van der Waals surface area contributed by atoms with Gasteiger partial charge in [0.15, 0.2) is 0 Å². The van der Waals surface area contributed by atoms with Crippen LogP contribution in [0.25, 0.3) is 6.08 Å². The molecule has 1 aliphatic heterocycles. The third-order valence-electron chi connectivity index (χ3n) is 2.03. The van der Waals surface area contributed by atoms with Gasteiger partial charge in [0.05, 0.1) is 12.0 Å². The number of hydrogen-bond acceptors (Lipinski definition) is 4. The van der Waals surface area contributed by atoms with Crippen LogP contribution in [0.5, 0.6) is 5.75 Å². The molecule has 2 rings (SSSR count). The molecule has 0 aromatic heterocycles. The van der Waals surface area contributed by atoms with E-state index in [1.54, 1.807) is 13.2 Å². The van der Waals surface area contributed by atoms with Gasteiger partial charge < -0.3 is 10.1 Å². The minimum Gasteiger partial charge on any atom is -0.497 e. The quantitative estimate of drug-likeness (QED) is 0.646. The summed E-state index contributed by atoms with van der Waals surface area (Å²) in [6, 6.07) is 7.50. The molecule has 0 atom stereocenters. The monoisotopic (exact) mass is 251 g/mol. The lowest BCUT2D eigenvalue weighted by atomic mass is 10.2. The summed E-state index contributed by atoms with van der Waals surface area (Å²) in [5, 5.41) is 2.57. The summed E-state index contributed by atoms with van der Waals surface area (Å²) >= 11 is 6.18. The first-order valence-electron chi connectivity index (χ1n) is 4.58. The molecule has 1 heterocycles. The van der Waals surface area contributed by atoms with E-state index < -0.39 is 0 Å². The molecule has 3 nitrogen and oxygen atoms in total. The van der Waals surface area contributed by atoms with Gasteiger partial charge in [0, 0.05) is 0 Å². The van der Waals surface area contributed by atoms with Gasteiger partial charge in [-0.25, -0.2) is 0 Å². The molecule has 0 saturated carbocycles. The number of rotatable bonds is 2. The number of methoxy groups -OCH3 is 1. The van der Waals surface area contributed by atoms with Gasteiger partial charge in [-0.3, -0.25) is 4.79 Å². The molecule has 0 radical (unpaired) electrons. The lowest BCUT2D eigenvalue weighted by molar-refractivity contribution is -0.115. The second-order valence-electron chi connectivity index (χ2n) is 3.13. The van der Waals surface area contributed by atoms with E-state index >= 15 is 0 Å². The molecule has 1 aromatic rings. The Labute approximate surface area is 103 Å². The van der Waals surface area contributed by atoms with E-state index in [2.05, 4.69) is 5.32 Å². The number of hydrogen-bond donors (Lipinski definition) is 1. The largest absolute Gasteiger partial charge is 0.497 e. The highest BCUT2D eigenvalue weighted by atomic mass is 32.2. The smallest absolute Gasteiger partial charge is 0.263 e. The van der Waals surface area contributed by atoms with Crippen molar-refractivity contribution in [2.75, 3.05) is 7.11 Å². The van der Waals surface area contributed by atoms with Crippen LogP contribution in [0.2, 0.25) is 0 Å². The number of nitrogens with one attached hydrogen (secondary N) is 1. The number of ether oxygens (including phenoxy) is 1. The van der Waals surface area contributed by atoms with E-state index in [1.807, 2.05) is 24.3 Å². The van der Waals surface area contributed by atoms with Gasteiger partial charge in [0.2, 0.25) is 0 Å². The van der Waals surface area contributed by atoms with E-state index in [0.717, 1.165) is 11.3 Å². The van der Waals surface area contributed by atoms with Crippen LogP contribution >= 0.6 is 24.0 Å². The first-order chi connectivity index (χ1) is 7.69. The second-order valence-corrected chi connectivity index (χ2v) is 4.85. The summed E-state index contributed by atoms with van der Waals surface area (Å²) in [6.07, 6.45) is 1.79. The van der Waals surface area contributed by atoms with Crippen LogP contribution in [0.4, 0.5) is 0 Å². The van der Waals surface area contributed by atoms with Crippen molar-refractivity contribution in [2.45, 2.75) is 0 Å².